The van der Waals surface area contributed by atoms with Crippen LogP contribution in [0.5, 0.6) is 5.75 Å². The summed E-state index contributed by atoms with van der Waals surface area (Å²) in [5.41, 5.74) is 4.30. The first kappa shape index (κ1) is 22.2. The molecule has 8 nitrogen and oxygen atoms in total. The number of fused-ring (bicyclic) bond motifs is 1. The van der Waals surface area contributed by atoms with Gasteiger partial charge >= 0.3 is 0 Å². The SMILES string of the molecule is COc1cc(F)cc(N(CCO)c2ccc3ncc(-c4cnn(C5CCCCO5)c4)nc3c2)c1. The maximum Gasteiger partial charge on any atom is 0.150 e. The Morgan fingerprint density at radius 3 is 2.85 bits per heavy atom. The number of rotatable bonds is 7. The average molecular weight is 464 g/mol. The molecule has 0 amide bonds. The van der Waals surface area contributed by atoms with Crippen molar-refractivity contribution in [2.24, 2.45) is 0 Å². The van der Waals surface area contributed by atoms with Gasteiger partial charge in [0.15, 0.2) is 0 Å². The number of aromatic nitrogens is 4. The zero-order valence-corrected chi connectivity index (χ0v) is 18.9. The molecule has 0 spiro atoms. The summed E-state index contributed by atoms with van der Waals surface area (Å²) in [5, 5.41) is 14.1. The number of anilines is 2. The Hall–Kier alpha value is -3.56. The van der Waals surface area contributed by atoms with Gasteiger partial charge in [0.25, 0.3) is 0 Å². The second kappa shape index (κ2) is 9.74. The Kier molecular flexibility index (Phi) is 6.37. The van der Waals surface area contributed by atoms with Crippen LogP contribution < -0.4 is 9.64 Å². The van der Waals surface area contributed by atoms with Crippen LogP contribution in [0.4, 0.5) is 15.8 Å². The Labute approximate surface area is 196 Å². The summed E-state index contributed by atoms with van der Waals surface area (Å²) in [7, 11) is 1.49. The summed E-state index contributed by atoms with van der Waals surface area (Å²) in [6, 6.07) is 10.1. The third-order valence-corrected chi connectivity index (χ3v) is 5.91. The summed E-state index contributed by atoms with van der Waals surface area (Å²) in [6.45, 7) is 0.921. The predicted molar refractivity (Wildman–Crippen MR) is 127 cm³/mol. The van der Waals surface area contributed by atoms with E-state index >= 15 is 0 Å². The van der Waals surface area contributed by atoms with Crippen LogP contribution in [0.3, 0.4) is 0 Å². The van der Waals surface area contributed by atoms with Gasteiger partial charge in [0.05, 0.1) is 42.8 Å². The topological polar surface area (TPSA) is 85.5 Å². The highest BCUT2D eigenvalue weighted by atomic mass is 19.1. The van der Waals surface area contributed by atoms with Gasteiger partial charge in [-0.05, 0) is 43.5 Å². The first-order valence-corrected chi connectivity index (χ1v) is 11.3. The van der Waals surface area contributed by atoms with Gasteiger partial charge in [-0.1, -0.05) is 0 Å². The number of hydrogen-bond acceptors (Lipinski definition) is 7. The molecule has 34 heavy (non-hydrogen) atoms. The Balaban J connectivity index is 1.49. The van der Waals surface area contributed by atoms with Crippen molar-refractivity contribution in [3.63, 3.8) is 0 Å². The number of aliphatic hydroxyl groups is 1. The highest BCUT2D eigenvalue weighted by molar-refractivity contribution is 5.82. The second-order valence-corrected chi connectivity index (χ2v) is 8.18. The molecule has 1 atom stereocenters. The monoisotopic (exact) mass is 463 g/mol. The minimum Gasteiger partial charge on any atom is -0.497 e. The van der Waals surface area contributed by atoms with Crippen LogP contribution in [0.1, 0.15) is 25.5 Å². The quantitative estimate of drug-likeness (QED) is 0.433. The first-order chi connectivity index (χ1) is 16.6. The van der Waals surface area contributed by atoms with E-state index in [4.69, 9.17) is 14.5 Å². The fraction of sp³-hybridized carbons (Fsp3) is 0.320. The molecule has 1 unspecified atom stereocenters. The molecule has 5 rings (SSSR count). The van der Waals surface area contributed by atoms with Gasteiger partial charge in [-0.2, -0.15) is 5.10 Å². The van der Waals surface area contributed by atoms with Crippen molar-refractivity contribution in [2.75, 3.05) is 31.8 Å². The molecule has 2 aromatic carbocycles. The standard InChI is InChI=1S/C25H26FN5O3/c1-33-21-11-18(26)10-20(12-21)30(7-8-32)19-5-6-22-23(13-19)29-24(15-27-22)17-14-28-31(16-17)25-4-2-3-9-34-25/h5-6,10-16,25,32H,2-4,7-9H2,1H3. The van der Waals surface area contributed by atoms with Crippen LogP contribution in [0.2, 0.25) is 0 Å². The summed E-state index contributed by atoms with van der Waals surface area (Å²) in [6.07, 6.45) is 8.55. The Morgan fingerprint density at radius 2 is 2.06 bits per heavy atom. The number of nitrogens with zero attached hydrogens (tertiary/aromatic N) is 5. The van der Waals surface area contributed by atoms with E-state index in [9.17, 15) is 9.50 Å². The number of methoxy groups -OCH3 is 1. The highest BCUT2D eigenvalue weighted by Crippen LogP contribution is 2.31. The van der Waals surface area contributed by atoms with E-state index in [2.05, 4.69) is 10.1 Å². The van der Waals surface area contributed by atoms with Gasteiger partial charge in [0.1, 0.15) is 17.8 Å². The fourth-order valence-corrected chi connectivity index (χ4v) is 4.20. The van der Waals surface area contributed by atoms with Gasteiger partial charge in [-0.25, -0.2) is 14.1 Å². The van der Waals surface area contributed by atoms with E-state index in [0.717, 1.165) is 42.6 Å². The maximum atomic E-state index is 14.2. The number of hydrogen-bond donors (Lipinski definition) is 1. The van der Waals surface area contributed by atoms with Crippen LogP contribution in [0.25, 0.3) is 22.3 Å². The summed E-state index contributed by atoms with van der Waals surface area (Å²) in [4.78, 5) is 11.2. The van der Waals surface area contributed by atoms with E-state index in [-0.39, 0.29) is 19.4 Å². The number of halogens is 1. The molecule has 0 bridgehead atoms. The molecule has 4 aromatic rings. The molecular weight excluding hydrogens is 437 g/mol. The van der Waals surface area contributed by atoms with Crippen LogP contribution in [-0.2, 0) is 4.74 Å². The molecule has 176 valence electrons. The van der Waals surface area contributed by atoms with E-state index in [1.165, 1.54) is 19.2 Å². The molecule has 0 aliphatic carbocycles. The molecule has 1 aliphatic rings. The second-order valence-electron chi connectivity index (χ2n) is 8.18. The zero-order chi connectivity index (χ0) is 23.5. The minimum atomic E-state index is -0.417. The van der Waals surface area contributed by atoms with E-state index in [1.54, 1.807) is 18.5 Å². The van der Waals surface area contributed by atoms with Crippen LogP contribution in [0.15, 0.2) is 55.0 Å². The number of ether oxygens (including phenoxy) is 2. The smallest absolute Gasteiger partial charge is 0.150 e. The first-order valence-electron chi connectivity index (χ1n) is 11.3. The normalized spacial score (nSPS) is 16.0. The third-order valence-electron chi connectivity index (χ3n) is 5.91. The molecule has 0 saturated carbocycles. The van der Waals surface area contributed by atoms with Gasteiger partial charge in [-0.3, -0.25) is 4.98 Å². The average Bonchev–Trinajstić information content (AvgIpc) is 3.37. The zero-order valence-electron chi connectivity index (χ0n) is 18.9. The maximum absolute atomic E-state index is 14.2. The van der Waals surface area contributed by atoms with E-state index in [1.807, 2.05) is 34.0 Å². The van der Waals surface area contributed by atoms with Crippen LogP contribution >= 0.6 is 0 Å². The lowest BCUT2D eigenvalue weighted by molar-refractivity contribution is -0.0394. The van der Waals surface area contributed by atoms with Crippen LogP contribution in [0, 0.1) is 5.82 Å². The van der Waals surface area contributed by atoms with Gasteiger partial charge in [0, 0.05) is 48.4 Å². The lowest BCUT2D eigenvalue weighted by atomic mass is 10.2. The molecule has 2 aromatic heterocycles. The van der Waals surface area contributed by atoms with Crippen LogP contribution in [-0.4, -0.2) is 51.7 Å². The number of aliphatic hydroxyl groups excluding tert-OH is 1. The van der Waals surface area contributed by atoms with Crippen molar-refractivity contribution in [2.45, 2.75) is 25.5 Å². The van der Waals surface area contributed by atoms with Gasteiger partial charge in [-0.15, -0.1) is 0 Å². The molecule has 1 aliphatic heterocycles. The van der Waals surface area contributed by atoms with Crippen molar-refractivity contribution < 1.29 is 19.0 Å². The van der Waals surface area contributed by atoms with Crippen molar-refractivity contribution >= 4 is 22.4 Å². The summed E-state index contributed by atoms with van der Waals surface area (Å²) in [5.74, 6) is -0.0149. The summed E-state index contributed by atoms with van der Waals surface area (Å²) < 4.78 is 27.0. The van der Waals surface area contributed by atoms with Crippen molar-refractivity contribution in [3.8, 4) is 17.0 Å². The fourth-order valence-electron chi connectivity index (χ4n) is 4.20. The van der Waals surface area contributed by atoms with Crippen molar-refractivity contribution in [3.05, 3.63) is 60.8 Å². The molecule has 3 heterocycles. The third kappa shape index (κ3) is 4.57. The van der Waals surface area contributed by atoms with Crippen molar-refractivity contribution in [1.29, 1.82) is 0 Å². The van der Waals surface area contributed by atoms with E-state index < -0.39 is 5.82 Å². The largest absolute Gasteiger partial charge is 0.497 e. The molecule has 1 saturated heterocycles. The number of benzene rings is 2. The predicted octanol–water partition coefficient (Wildman–Crippen LogP) is 4.47. The minimum absolute atomic E-state index is 0.0437. The Morgan fingerprint density at radius 1 is 1.15 bits per heavy atom. The van der Waals surface area contributed by atoms with Crippen molar-refractivity contribution in [1.82, 2.24) is 19.7 Å². The lowest BCUT2D eigenvalue weighted by Crippen LogP contribution is -2.21. The molecule has 0 radical (unpaired) electrons. The summed E-state index contributed by atoms with van der Waals surface area (Å²) >= 11 is 0. The molecule has 1 fully saturated rings. The molecular formula is C25H26FN5O3. The molecule has 9 heteroatoms. The molecule has 1 N–H and O–H groups in total. The highest BCUT2D eigenvalue weighted by Gasteiger charge is 2.18. The van der Waals surface area contributed by atoms with E-state index in [0.29, 0.717) is 22.6 Å². The Bertz CT molecular complexity index is 1290. The van der Waals surface area contributed by atoms with Gasteiger partial charge in [0.2, 0.25) is 0 Å². The lowest BCUT2D eigenvalue weighted by Gasteiger charge is -2.25. The van der Waals surface area contributed by atoms with Gasteiger partial charge < -0.3 is 19.5 Å².